The number of nitrogens with zero attached hydrogens (tertiary/aromatic N) is 5. The highest BCUT2D eigenvalue weighted by Gasteiger charge is 2.49. The Morgan fingerprint density at radius 3 is 2.76 bits per heavy atom. The number of carbonyl (C=O) groups excluding carboxylic acids is 1. The first-order valence-electron chi connectivity index (χ1n) is 8.96. The van der Waals surface area contributed by atoms with E-state index in [1.807, 2.05) is 22.2 Å². The Balaban J connectivity index is 1.40. The van der Waals surface area contributed by atoms with E-state index < -0.39 is 0 Å². The molecular formula is C18H25N5OS. The molecule has 0 aromatic carbocycles. The lowest BCUT2D eigenvalue weighted by molar-refractivity contribution is -0.0332. The molecule has 1 aliphatic carbocycles. The molecule has 2 aromatic rings. The van der Waals surface area contributed by atoms with E-state index in [1.54, 1.807) is 19.0 Å². The van der Waals surface area contributed by atoms with E-state index in [2.05, 4.69) is 32.7 Å². The van der Waals surface area contributed by atoms with E-state index in [1.165, 1.54) is 24.1 Å². The van der Waals surface area contributed by atoms with Gasteiger partial charge in [0.05, 0.1) is 12.2 Å². The van der Waals surface area contributed by atoms with Crippen LogP contribution in [0, 0.1) is 5.41 Å². The minimum absolute atomic E-state index is 0.0783. The SMILES string of the molecule is CN(C)C(=O)c1cn(C2CCC23CCN(Cc2cccs2)CC3)nn1. The van der Waals surface area contributed by atoms with Crippen LogP contribution in [-0.2, 0) is 6.54 Å². The highest BCUT2D eigenvalue weighted by Crippen LogP contribution is 2.56. The Morgan fingerprint density at radius 1 is 1.36 bits per heavy atom. The van der Waals surface area contributed by atoms with E-state index in [4.69, 9.17) is 0 Å². The normalized spacial score (nSPS) is 22.7. The summed E-state index contributed by atoms with van der Waals surface area (Å²) in [5.41, 5.74) is 0.792. The standard InChI is InChI=1S/C18H25N5OS/c1-21(2)17(24)15-13-23(20-19-15)16-5-6-18(16)7-9-22(10-8-18)12-14-4-3-11-25-14/h3-4,11,13,16H,5-10,12H2,1-2H3. The maximum Gasteiger partial charge on any atom is 0.275 e. The molecular weight excluding hydrogens is 334 g/mol. The van der Waals surface area contributed by atoms with Gasteiger partial charge in [-0.3, -0.25) is 9.69 Å². The Bertz CT molecular complexity index is 730. The van der Waals surface area contributed by atoms with Crippen LogP contribution in [0.15, 0.2) is 23.7 Å². The molecule has 1 saturated heterocycles. The molecule has 0 N–H and O–H groups in total. The first-order chi connectivity index (χ1) is 12.1. The Kier molecular flexibility index (Phi) is 4.37. The second-order valence-electron chi connectivity index (χ2n) is 7.56. The molecule has 1 saturated carbocycles. The zero-order valence-corrected chi connectivity index (χ0v) is 15.7. The van der Waals surface area contributed by atoms with Crippen molar-refractivity contribution in [1.82, 2.24) is 24.8 Å². The fraction of sp³-hybridized carbons (Fsp3) is 0.611. The molecule has 25 heavy (non-hydrogen) atoms. The molecule has 134 valence electrons. The van der Waals surface area contributed by atoms with Crippen molar-refractivity contribution in [3.8, 4) is 0 Å². The summed E-state index contributed by atoms with van der Waals surface area (Å²) in [6.45, 7) is 3.36. The van der Waals surface area contributed by atoms with Gasteiger partial charge >= 0.3 is 0 Å². The molecule has 6 nitrogen and oxygen atoms in total. The largest absolute Gasteiger partial charge is 0.343 e. The third-order valence-electron chi connectivity index (χ3n) is 5.89. The van der Waals surface area contributed by atoms with E-state index in [0.29, 0.717) is 17.2 Å². The van der Waals surface area contributed by atoms with Crippen molar-refractivity contribution < 1.29 is 4.79 Å². The molecule has 3 heterocycles. The fourth-order valence-corrected chi connectivity index (χ4v) is 4.96. The number of aromatic nitrogens is 3. The smallest absolute Gasteiger partial charge is 0.275 e. The summed E-state index contributed by atoms with van der Waals surface area (Å²) in [4.78, 5) is 17.6. The topological polar surface area (TPSA) is 54.3 Å². The summed E-state index contributed by atoms with van der Waals surface area (Å²) in [7, 11) is 3.49. The van der Waals surface area contributed by atoms with Gasteiger partial charge in [-0.05, 0) is 55.6 Å². The van der Waals surface area contributed by atoms with Crippen molar-refractivity contribution >= 4 is 17.2 Å². The molecule has 2 aromatic heterocycles. The van der Waals surface area contributed by atoms with Gasteiger partial charge in [0.2, 0.25) is 0 Å². The lowest BCUT2D eigenvalue weighted by atomic mass is 9.59. The van der Waals surface area contributed by atoms with Crippen molar-refractivity contribution in [2.45, 2.75) is 38.3 Å². The number of rotatable bonds is 4. The molecule has 4 rings (SSSR count). The van der Waals surface area contributed by atoms with Crippen LogP contribution in [0.2, 0.25) is 0 Å². The van der Waals surface area contributed by atoms with Crippen molar-refractivity contribution in [2.75, 3.05) is 27.2 Å². The van der Waals surface area contributed by atoms with Crippen LogP contribution in [0.4, 0.5) is 0 Å². The summed E-state index contributed by atoms with van der Waals surface area (Å²) in [5.74, 6) is -0.0783. The maximum atomic E-state index is 12.1. The van der Waals surface area contributed by atoms with E-state index in [0.717, 1.165) is 26.1 Å². The van der Waals surface area contributed by atoms with E-state index in [9.17, 15) is 4.79 Å². The predicted octanol–water partition coefficient (Wildman–Crippen LogP) is 2.66. The van der Waals surface area contributed by atoms with Crippen LogP contribution in [0.3, 0.4) is 0 Å². The maximum absolute atomic E-state index is 12.1. The molecule has 0 bridgehead atoms. The lowest BCUT2D eigenvalue weighted by Crippen LogP contribution is -2.49. The first kappa shape index (κ1) is 16.7. The number of carbonyl (C=O) groups is 1. The number of piperidine rings is 1. The van der Waals surface area contributed by atoms with Crippen LogP contribution in [0.25, 0.3) is 0 Å². The molecule has 1 atom stereocenters. The second-order valence-corrected chi connectivity index (χ2v) is 8.59. The van der Waals surface area contributed by atoms with Crippen molar-refractivity contribution in [3.63, 3.8) is 0 Å². The number of thiophene rings is 1. The second kappa shape index (κ2) is 6.53. The third-order valence-corrected chi connectivity index (χ3v) is 6.75. The summed E-state index contributed by atoms with van der Waals surface area (Å²) in [5, 5.41) is 10.5. The number of hydrogen-bond donors (Lipinski definition) is 0. The van der Waals surface area contributed by atoms with Gasteiger partial charge < -0.3 is 4.90 Å². The summed E-state index contributed by atoms with van der Waals surface area (Å²) < 4.78 is 1.95. The van der Waals surface area contributed by atoms with Gasteiger partial charge in [-0.25, -0.2) is 4.68 Å². The number of likely N-dealkylation sites (tertiary alicyclic amines) is 1. The van der Waals surface area contributed by atoms with E-state index >= 15 is 0 Å². The van der Waals surface area contributed by atoms with Gasteiger partial charge in [-0.15, -0.1) is 16.4 Å². The molecule has 7 heteroatoms. The van der Waals surface area contributed by atoms with Crippen LogP contribution in [0.1, 0.15) is 47.1 Å². The average Bonchev–Trinajstić information content (AvgIpc) is 3.26. The van der Waals surface area contributed by atoms with Gasteiger partial charge in [0.15, 0.2) is 5.69 Å². The molecule has 1 spiro atoms. The van der Waals surface area contributed by atoms with Gasteiger partial charge in [-0.2, -0.15) is 0 Å². The monoisotopic (exact) mass is 359 g/mol. The predicted molar refractivity (Wildman–Crippen MR) is 97.6 cm³/mol. The highest BCUT2D eigenvalue weighted by molar-refractivity contribution is 7.09. The molecule has 1 unspecified atom stereocenters. The molecule has 1 aliphatic heterocycles. The fourth-order valence-electron chi connectivity index (χ4n) is 4.21. The van der Waals surface area contributed by atoms with Crippen LogP contribution in [0.5, 0.6) is 0 Å². The number of amides is 1. The lowest BCUT2D eigenvalue weighted by Gasteiger charge is -2.53. The Hall–Kier alpha value is -1.73. The van der Waals surface area contributed by atoms with E-state index in [-0.39, 0.29) is 5.91 Å². The quantitative estimate of drug-likeness (QED) is 0.842. The summed E-state index contributed by atoms with van der Waals surface area (Å²) in [6, 6.07) is 4.75. The van der Waals surface area contributed by atoms with Crippen LogP contribution in [-0.4, -0.2) is 57.9 Å². The first-order valence-corrected chi connectivity index (χ1v) is 9.84. The average molecular weight is 359 g/mol. The zero-order valence-electron chi connectivity index (χ0n) is 14.9. The van der Waals surface area contributed by atoms with Crippen molar-refractivity contribution in [3.05, 3.63) is 34.3 Å². The highest BCUT2D eigenvalue weighted by atomic mass is 32.1. The minimum Gasteiger partial charge on any atom is -0.343 e. The molecule has 0 radical (unpaired) electrons. The van der Waals surface area contributed by atoms with Gasteiger partial charge in [0.25, 0.3) is 5.91 Å². The molecule has 2 fully saturated rings. The Labute approximate surface area is 152 Å². The zero-order chi connectivity index (χ0) is 17.4. The van der Waals surface area contributed by atoms with Crippen molar-refractivity contribution in [2.24, 2.45) is 5.41 Å². The molecule has 2 aliphatic rings. The van der Waals surface area contributed by atoms with Gasteiger partial charge in [-0.1, -0.05) is 11.3 Å². The van der Waals surface area contributed by atoms with Crippen LogP contribution < -0.4 is 0 Å². The number of hydrogen-bond acceptors (Lipinski definition) is 5. The summed E-state index contributed by atoms with van der Waals surface area (Å²) in [6.07, 6.45) is 6.66. The van der Waals surface area contributed by atoms with Gasteiger partial charge in [0, 0.05) is 25.5 Å². The van der Waals surface area contributed by atoms with Gasteiger partial charge in [0.1, 0.15) is 0 Å². The van der Waals surface area contributed by atoms with Crippen LogP contribution >= 0.6 is 11.3 Å². The molecule has 1 amide bonds. The third kappa shape index (κ3) is 3.11. The summed E-state index contributed by atoms with van der Waals surface area (Å²) >= 11 is 1.84. The van der Waals surface area contributed by atoms with Crippen molar-refractivity contribution in [1.29, 1.82) is 0 Å². The minimum atomic E-state index is -0.0783. The Morgan fingerprint density at radius 2 is 2.16 bits per heavy atom.